The minimum Gasteiger partial charge on any atom is -0.351 e. The van der Waals surface area contributed by atoms with Gasteiger partial charge in [-0.3, -0.25) is 4.79 Å². The van der Waals surface area contributed by atoms with Crippen LogP contribution in [0.15, 0.2) is 54.3 Å². The van der Waals surface area contributed by atoms with E-state index in [9.17, 15) is 4.79 Å². The maximum absolute atomic E-state index is 10.3. The highest BCUT2D eigenvalue weighted by atomic mass is 16.1. The lowest BCUT2D eigenvalue weighted by Crippen LogP contribution is -2.06. The lowest BCUT2D eigenvalue weighted by atomic mass is 10.3. The molecule has 2 nitrogen and oxygen atoms in total. The SMILES string of the molecule is C/C(C=O)=C\C=C\N(C)c1ccccc1. The molecule has 0 saturated heterocycles. The van der Waals surface area contributed by atoms with Crippen LogP contribution in [0.2, 0.25) is 0 Å². The van der Waals surface area contributed by atoms with Gasteiger partial charge >= 0.3 is 0 Å². The molecule has 15 heavy (non-hydrogen) atoms. The van der Waals surface area contributed by atoms with E-state index in [0.29, 0.717) is 5.57 Å². The first-order valence-electron chi connectivity index (χ1n) is 4.82. The lowest BCUT2D eigenvalue weighted by molar-refractivity contribution is -0.104. The predicted octanol–water partition coefficient (Wildman–Crippen LogP) is 2.78. The van der Waals surface area contributed by atoms with Gasteiger partial charge in [0.05, 0.1) is 0 Å². The van der Waals surface area contributed by atoms with Gasteiger partial charge in [-0.1, -0.05) is 24.3 Å². The molecule has 0 aliphatic carbocycles. The van der Waals surface area contributed by atoms with Crippen molar-refractivity contribution >= 4 is 12.0 Å². The number of nitrogens with zero attached hydrogens (tertiary/aromatic N) is 1. The Bertz CT molecular complexity index is 365. The van der Waals surface area contributed by atoms with Gasteiger partial charge in [0.2, 0.25) is 0 Å². The lowest BCUT2D eigenvalue weighted by Gasteiger charge is -2.12. The van der Waals surface area contributed by atoms with Gasteiger partial charge in [-0.05, 0) is 30.7 Å². The largest absolute Gasteiger partial charge is 0.351 e. The molecule has 0 radical (unpaired) electrons. The molecule has 0 aliphatic heterocycles. The molecule has 0 N–H and O–H groups in total. The molecular formula is C13H15NO. The second kappa shape index (κ2) is 5.81. The average molecular weight is 201 g/mol. The Morgan fingerprint density at radius 2 is 1.93 bits per heavy atom. The van der Waals surface area contributed by atoms with Gasteiger partial charge in [-0.15, -0.1) is 0 Å². The van der Waals surface area contributed by atoms with E-state index in [1.807, 2.05) is 54.6 Å². The van der Waals surface area contributed by atoms with E-state index in [2.05, 4.69) is 0 Å². The van der Waals surface area contributed by atoms with Gasteiger partial charge in [0.25, 0.3) is 0 Å². The number of carbonyl (C=O) groups excluding carboxylic acids is 1. The van der Waals surface area contributed by atoms with Crippen LogP contribution in [0.3, 0.4) is 0 Å². The first-order chi connectivity index (χ1) is 7.24. The molecule has 0 saturated carbocycles. The highest BCUT2D eigenvalue weighted by molar-refractivity contribution is 5.72. The van der Waals surface area contributed by atoms with Crippen molar-refractivity contribution < 1.29 is 4.79 Å². The van der Waals surface area contributed by atoms with Gasteiger partial charge in [0.15, 0.2) is 0 Å². The molecule has 0 bridgehead atoms. The maximum Gasteiger partial charge on any atom is 0.145 e. The standard InChI is InChI=1S/C13H15NO/c1-12(11-15)7-6-10-14(2)13-8-4-3-5-9-13/h3-11H,1-2H3/b10-6+,12-7+. The summed E-state index contributed by atoms with van der Waals surface area (Å²) in [5.74, 6) is 0. The highest BCUT2D eigenvalue weighted by Gasteiger charge is 1.92. The van der Waals surface area contributed by atoms with E-state index in [1.54, 1.807) is 13.0 Å². The van der Waals surface area contributed by atoms with Gasteiger partial charge in [0.1, 0.15) is 6.29 Å². The van der Waals surface area contributed by atoms with Crippen LogP contribution in [0.5, 0.6) is 0 Å². The van der Waals surface area contributed by atoms with E-state index in [-0.39, 0.29) is 0 Å². The zero-order valence-corrected chi connectivity index (χ0v) is 9.05. The summed E-state index contributed by atoms with van der Waals surface area (Å²) >= 11 is 0. The average Bonchev–Trinajstić information content (AvgIpc) is 2.29. The minimum absolute atomic E-state index is 0.715. The summed E-state index contributed by atoms with van der Waals surface area (Å²) in [5, 5.41) is 0. The molecule has 2 heteroatoms. The second-order valence-corrected chi connectivity index (χ2v) is 3.32. The Hall–Kier alpha value is -1.83. The second-order valence-electron chi connectivity index (χ2n) is 3.32. The zero-order chi connectivity index (χ0) is 11.1. The minimum atomic E-state index is 0.715. The number of anilines is 1. The third-order valence-electron chi connectivity index (χ3n) is 2.02. The quantitative estimate of drug-likeness (QED) is 0.424. The van der Waals surface area contributed by atoms with Crippen LogP contribution < -0.4 is 4.90 Å². The number of benzene rings is 1. The van der Waals surface area contributed by atoms with Gasteiger partial charge < -0.3 is 4.90 Å². The number of hydrogen-bond donors (Lipinski definition) is 0. The third-order valence-corrected chi connectivity index (χ3v) is 2.02. The van der Waals surface area contributed by atoms with Crippen molar-refractivity contribution in [1.82, 2.24) is 0 Å². The van der Waals surface area contributed by atoms with Crippen LogP contribution in [0, 0.1) is 0 Å². The first-order valence-corrected chi connectivity index (χ1v) is 4.82. The van der Waals surface area contributed by atoms with Gasteiger partial charge in [0, 0.05) is 18.9 Å². The van der Waals surface area contributed by atoms with E-state index in [0.717, 1.165) is 12.0 Å². The Labute approximate surface area is 90.5 Å². The molecule has 0 spiro atoms. The van der Waals surface area contributed by atoms with Crippen molar-refractivity contribution in [1.29, 1.82) is 0 Å². The molecule has 78 valence electrons. The maximum atomic E-state index is 10.3. The van der Waals surface area contributed by atoms with E-state index >= 15 is 0 Å². The Balaban J connectivity index is 2.64. The molecule has 0 fully saturated rings. The fourth-order valence-corrected chi connectivity index (χ4v) is 1.11. The third kappa shape index (κ3) is 3.81. The summed E-state index contributed by atoms with van der Waals surface area (Å²) in [5.41, 5.74) is 1.83. The van der Waals surface area contributed by atoms with E-state index < -0.39 is 0 Å². The summed E-state index contributed by atoms with van der Waals surface area (Å²) in [6, 6.07) is 10.0. The zero-order valence-electron chi connectivity index (χ0n) is 9.05. The number of hydrogen-bond acceptors (Lipinski definition) is 2. The van der Waals surface area contributed by atoms with Crippen LogP contribution in [0.4, 0.5) is 5.69 Å². The normalized spacial score (nSPS) is 11.7. The highest BCUT2D eigenvalue weighted by Crippen LogP contribution is 2.10. The number of allylic oxidation sites excluding steroid dienone is 3. The summed E-state index contributed by atoms with van der Waals surface area (Å²) in [6.07, 6.45) is 6.40. The van der Waals surface area contributed by atoms with Crippen LogP contribution in [0.1, 0.15) is 6.92 Å². The summed E-state index contributed by atoms with van der Waals surface area (Å²) in [7, 11) is 1.97. The number of carbonyl (C=O) groups is 1. The molecule has 1 aromatic carbocycles. The van der Waals surface area contributed by atoms with Crippen molar-refractivity contribution in [3.8, 4) is 0 Å². The van der Waals surface area contributed by atoms with Crippen LogP contribution in [0.25, 0.3) is 0 Å². The molecule has 1 aromatic rings. The summed E-state index contributed by atoms with van der Waals surface area (Å²) in [4.78, 5) is 12.3. The fraction of sp³-hybridized carbons (Fsp3) is 0.154. The smallest absolute Gasteiger partial charge is 0.145 e. The van der Waals surface area contributed by atoms with Crippen LogP contribution >= 0.6 is 0 Å². The molecule has 0 amide bonds. The molecule has 0 aliphatic rings. The molecule has 0 atom stereocenters. The van der Waals surface area contributed by atoms with Crippen molar-refractivity contribution in [3.05, 3.63) is 54.3 Å². The molecule has 1 rings (SSSR count). The molecule has 0 unspecified atom stereocenters. The van der Waals surface area contributed by atoms with Crippen molar-refractivity contribution in [3.63, 3.8) is 0 Å². The monoisotopic (exact) mass is 201 g/mol. The number of rotatable bonds is 4. The topological polar surface area (TPSA) is 20.3 Å². The molecular weight excluding hydrogens is 186 g/mol. The van der Waals surface area contributed by atoms with Crippen molar-refractivity contribution in [2.75, 3.05) is 11.9 Å². The number of para-hydroxylation sites is 1. The predicted molar refractivity (Wildman–Crippen MR) is 63.8 cm³/mol. The number of aldehydes is 1. The van der Waals surface area contributed by atoms with Gasteiger partial charge in [-0.25, -0.2) is 0 Å². The van der Waals surface area contributed by atoms with Crippen molar-refractivity contribution in [2.45, 2.75) is 6.92 Å². The summed E-state index contributed by atoms with van der Waals surface area (Å²) in [6.45, 7) is 1.78. The van der Waals surface area contributed by atoms with E-state index in [1.165, 1.54) is 0 Å². The molecule has 0 heterocycles. The fourth-order valence-electron chi connectivity index (χ4n) is 1.11. The Morgan fingerprint density at radius 1 is 1.27 bits per heavy atom. The summed E-state index contributed by atoms with van der Waals surface area (Å²) < 4.78 is 0. The van der Waals surface area contributed by atoms with E-state index in [4.69, 9.17) is 0 Å². The van der Waals surface area contributed by atoms with Crippen molar-refractivity contribution in [2.24, 2.45) is 0 Å². The van der Waals surface area contributed by atoms with Gasteiger partial charge in [-0.2, -0.15) is 0 Å². The van der Waals surface area contributed by atoms with Crippen LogP contribution in [-0.2, 0) is 4.79 Å². The van der Waals surface area contributed by atoms with Crippen LogP contribution in [-0.4, -0.2) is 13.3 Å². The molecule has 0 aromatic heterocycles. The Morgan fingerprint density at radius 3 is 2.53 bits per heavy atom. The Kier molecular flexibility index (Phi) is 4.35. The first kappa shape index (κ1) is 11.2.